The molecule has 2 aromatic rings. The van der Waals surface area contributed by atoms with Crippen molar-refractivity contribution in [3.05, 3.63) is 57.3 Å². The summed E-state index contributed by atoms with van der Waals surface area (Å²) in [7, 11) is 0. The van der Waals surface area contributed by atoms with Crippen LogP contribution in [0.25, 0.3) is 0 Å². The Hall–Kier alpha value is -2.39. The Morgan fingerprint density at radius 2 is 2.00 bits per heavy atom. The molecule has 0 aliphatic carbocycles. The van der Waals surface area contributed by atoms with Gasteiger partial charge in [-0.3, -0.25) is 14.5 Å². The number of hydrogen-bond donors (Lipinski definition) is 1. The van der Waals surface area contributed by atoms with Crippen LogP contribution in [0.4, 0.5) is 13.2 Å². The van der Waals surface area contributed by atoms with Gasteiger partial charge in [0.05, 0.1) is 18.0 Å². The quantitative estimate of drug-likeness (QED) is 0.800. The number of benzene rings is 1. The SMILES string of the molecule is O=C1NCCN(Cc2ccccc2C(F)(F)F)C1CC(=O)N1CCc2sccc2C1. The summed E-state index contributed by atoms with van der Waals surface area (Å²) in [5.74, 6) is -0.463. The topological polar surface area (TPSA) is 52.7 Å². The van der Waals surface area contributed by atoms with E-state index in [0.717, 1.165) is 18.1 Å². The monoisotopic (exact) mass is 437 g/mol. The van der Waals surface area contributed by atoms with E-state index in [1.807, 2.05) is 11.4 Å². The van der Waals surface area contributed by atoms with E-state index in [1.54, 1.807) is 27.2 Å². The highest BCUT2D eigenvalue weighted by Crippen LogP contribution is 2.33. The predicted octanol–water partition coefficient (Wildman–Crippen LogP) is 3.04. The minimum absolute atomic E-state index is 0.0320. The molecule has 9 heteroatoms. The van der Waals surface area contributed by atoms with Gasteiger partial charge in [-0.2, -0.15) is 13.2 Å². The molecule has 4 rings (SSSR count). The minimum atomic E-state index is -4.47. The van der Waals surface area contributed by atoms with Crippen LogP contribution < -0.4 is 5.32 Å². The number of hydrogen-bond acceptors (Lipinski definition) is 4. The van der Waals surface area contributed by atoms with Gasteiger partial charge in [-0.25, -0.2) is 0 Å². The van der Waals surface area contributed by atoms with Gasteiger partial charge in [0.15, 0.2) is 0 Å². The van der Waals surface area contributed by atoms with E-state index >= 15 is 0 Å². The number of halogens is 3. The van der Waals surface area contributed by atoms with E-state index in [9.17, 15) is 22.8 Å². The summed E-state index contributed by atoms with van der Waals surface area (Å²) >= 11 is 1.68. The average molecular weight is 437 g/mol. The standard InChI is InChI=1S/C21H22F3N3O2S/c22-21(23,24)16-4-2-1-3-14(16)12-26-9-7-25-20(29)17(26)11-19(28)27-8-5-18-15(13-27)6-10-30-18/h1-4,6,10,17H,5,7-9,11-13H2,(H,25,29). The van der Waals surface area contributed by atoms with Crippen molar-refractivity contribution in [3.63, 3.8) is 0 Å². The second-order valence-electron chi connectivity index (χ2n) is 7.57. The van der Waals surface area contributed by atoms with Crippen LogP contribution in [-0.2, 0) is 35.3 Å². The number of alkyl halides is 3. The van der Waals surface area contributed by atoms with Crippen molar-refractivity contribution in [1.29, 1.82) is 0 Å². The van der Waals surface area contributed by atoms with Gasteiger partial charge in [-0.05, 0) is 35.1 Å². The highest BCUT2D eigenvalue weighted by molar-refractivity contribution is 7.10. The van der Waals surface area contributed by atoms with Crippen molar-refractivity contribution >= 4 is 23.2 Å². The van der Waals surface area contributed by atoms with Gasteiger partial charge in [0.2, 0.25) is 11.8 Å². The van der Waals surface area contributed by atoms with E-state index in [4.69, 9.17) is 0 Å². The fourth-order valence-electron chi connectivity index (χ4n) is 4.08. The zero-order chi connectivity index (χ0) is 21.3. The smallest absolute Gasteiger partial charge is 0.353 e. The van der Waals surface area contributed by atoms with Crippen molar-refractivity contribution in [1.82, 2.24) is 15.1 Å². The van der Waals surface area contributed by atoms with Crippen LogP contribution in [0.1, 0.15) is 28.0 Å². The molecule has 1 aromatic carbocycles. The third-order valence-corrected chi connectivity index (χ3v) is 6.69. The maximum Gasteiger partial charge on any atom is 0.416 e. The summed E-state index contributed by atoms with van der Waals surface area (Å²) in [5, 5.41) is 4.75. The lowest BCUT2D eigenvalue weighted by molar-refractivity contribution is -0.141. The fourth-order valence-corrected chi connectivity index (χ4v) is 4.97. The second-order valence-corrected chi connectivity index (χ2v) is 8.57. The minimum Gasteiger partial charge on any atom is -0.353 e. The number of carbonyl (C=O) groups excluding carboxylic acids is 2. The van der Waals surface area contributed by atoms with Crippen LogP contribution in [0.5, 0.6) is 0 Å². The van der Waals surface area contributed by atoms with E-state index < -0.39 is 17.8 Å². The molecule has 3 heterocycles. The molecule has 2 aliphatic heterocycles. The molecule has 1 atom stereocenters. The molecule has 160 valence electrons. The van der Waals surface area contributed by atoms with Crippen LogP contribution in [-0.4, -0.2) is 47.3 Å². The first-order valence-electron chi connectivity index (χ1n) is 9.83. The lowest BCUT2D eigenvalue weighted by Crippen LogP contribution is -2.56. The third kappa shape index (κ3) is 4.37. The zero-order valence-electron chi connectivity index (χ0n) is 16.2. The van der Waals surface area contributed by atoms with E-state index in [1.165, 1.54) is 17.0 Å². The van der Waals surface area contributed by atoms with E-state index in [-0.39, 0.29) is 30.3 Å². The van der Waals surface area contributed by atoms with E-state index in [0.29, 0.717) is 26.2 Å². The molecule has 2 aliphatic rings. The Morgan fingerprint density at radius 1 is 1.20 bits per heavy atom. The molecule has 1 N–H and O–H groups in total. The molecule has 1 unspecified atom stereocenters. The molecule has 1 saturated heterocycles. The lowest BCUT2D eigenvalue weighted by Gasteiger charge is -2.36. The van der Waals surface area contributed by atoms with E-state index in [2.05, 4.69) is 5.32 Å². The first-order valence-corrected chi connectivity index (χ1v) is 10.7. The Morgan fingerprint density at radius 3 is 2.80 bits per heavy atom. The lowest BCUT2D eigenvalue weighted by atomic mass is 10.0. The number of rotatable bonds is 4. The van der Waals surface area contributed by atoms with Gasteiger partial charge < -0.3 is 10.2 Å². The number of carbonyl (C=O) groups is 2. The Bertz CT molecular complexity index is 944. The van der Waals surface area contributed by atoms with Gasteiger partial charge in [-0.15, -0.1) is 11.3 Å². The van der Waals surface area contributed by atoms with Crippen molar-refractivity contribution in [2.45, 2.75) is 38.1 Å². The largest absolute Gasteiger partial charge is 0.416 e. The van der Waals surface area contributed by atoms with Gasteiger partial charge >= 0.3 is 6.18 Å². The number of nitrogens with one attached hydrogen (secondary N) is 1. The molecule has 0 radical (unpaired) electrons. The number of amides is 2. The normalized spacial score (nSPS) is 20.0. The molecule has 30 heavy (non-hydrogen) atoms. The Labute approximate surface area is 176 Å². The summed E-state index contributed by atoms with van der Waals surface area (Å²) in [5.41, 5.74) is 0.531. The first-order chi connectivity index (χ1) is 14.3. The van der Waals surface area contributed by atoms with Crippen molar-refractivity contribution in [2.75, 3.05) is 19.6 Å². The zero-order valence-corrected chi connectivity index (χ0v) is 17.1. The second kappa shape index (κ2) is 8.39. The van der Waals surface area contributed by atoms with Gasteiger partial charge in [0, 0.05) is 37.6 Å². The number of nitrogens with zero attached hydrogens (tertiary/aromatic N) is 2. The number of thiophene rings is 1. The molecule has 2 amide bonds. The van der Waals surface area contributed by atoms with Crippen molar-refractivity contribution in [3.8, 4) is 0 Å². The van der Waals surface area contributed by atoms with Gasteiger partial charge in [0.1, 0.15) is 0 Å². The van der Waals surface area contributed by atoms with Crippen LogP contribution in [0.15, 0.2) is 35.7 Å². The van der Waals surface area contributed by atoms with Gasteiger partial charge in [-0.1, -0.05) is 18.2 Å². The number of fused-ring (bicyclic) bond motifs is 1. The van der Waals surface area contributed by atoms with Crippen LogP contribution in [0.2, 0.25) is 0 Å². The summed E-state index contributed by atoms with van der Waals surface area (Å²) < 4.78 is 40.1. The summed E-state index contributed by atoms with van der Waals surface area (Å²) in [6.07, 6.45) is -3.72. The van der Waals surface area contributed by atoms with Gasteiger partial charge in [0.25, 0.3) is 0 Å². The molecular formula is C21H22F3N3O2S. The molecule has 0 spiro atoms. The molecule has 5 nitrogen and oxygen atoms in total. The highest BCUT2D eigenvalue weighted by Gasteiger charge is 2.37. The Balaban J connectivity index is 1.49. The molecule has 1 aromatic heterocycles. The molecular weight excluding hydrogens is 415 g/mol. The highest BCUT2D eigenvalue weighted by atomic mass is 32.1. The summed E-state index contributed by atoms with van der Waals surface area (Å²) in [6.45, 7) is 1.82. The van der Waals surface area contributed by atoms with Crippen LogP contribution >= 0.6 is 11.3 Å². The first kappa shape index (κ1) is 20.9. The molecule has 0 bridgehead atoms. The van der Waals surface area contributed by atoms with Crippen LogP contribution in [0.3, 0.4) is 0 Å². The molecule has 0 saturated carbocycles. The van der Waals surface area contributed by atoms with Crippen LogP contribution in [0, 0.1) is 0 Å². The summed E-state index contributed by atoms with van der Waals surface area (Å²) in [4.78, 5) is 30.1. The van der Waals surface area contributed by atoms with Crippen molar-refractivity contribution < 1.29 is 22.8 Å². The molecule has 1 fully saturated rings. The number of piperazine rings is 1. The average Bonchev–Trinajstić information content (AvgIpc) is 3.18. The third-order valence-electron chi connectivity index (χ3n) is 5.67. The maximum absolute atomic E-state index is 13.4. The maximum atomic E-state index is 13.4. The Kier molecular flexibility index (Phi) is 5.84. The predicted molar refractivity (Wildman–Crippen MR) is 107 cm³/mol. The fraction of sp³-hybridized carbons (Fsp3) is 0.429. The van der Waals surface area contributed by atoms with Crippen molar-refractivity contribution in [2.24, 2.45) is 0 Å². The summed E-state index contributed by atoms with van der Waals surface area (Å²) in [6, 6.07) is 6.61.